The van der Waals surface area contributed by atoms with Gasteiger partial charge < -0.3 is 10.2 Å². The number of nitrogens with one attached hydrogen (secondary N) is 1. The minimum absolute atomic E-state index is 0.118. The highest BCUT2D eigenvalue weighted by atomic mass is 32.1. The summed E-state index contributed by atoms with van der Waals surface area (Å²) < 4.78 is 0. The van der Waals surface area contributed by atoms with Gasteiger partial charge in [-0.25, -0.2) is 9.97 Å². The van der Waals surface area contributed by atoms with Gasteiger partial charge in [-0.15, -0.1) is 11.3 Å². The lowest BCUT2D eigenvalue weighted by molar-refractivity contribution is -0.139. The van der Waals surface area contributed by atoms with E-state index in [0.717, 1.165) is 66.9 Å². The van der Waals surface area contributed by atoms with Crippen molar-refractivity contribution in [3.05, 3.63) is 40.8 Å². The van der Waals surface area contributed by atoms with Crippen molar-refractivity contribution in [2.45, 2.75) is 44.6 Å². The minimum Gasteiger partial charge on any atom is -0.342 e. The van der Waals surface area contributed by atoms with Crippen LogP contribution in [-0.4, -0.2) is 50.6 Å². The zero-order valence-electron chi connectivity index (χ0n) is 17.0. The Kier molecular flexibility index (Phi) is 3.99. The molecule has 1 amide bonds. The number of allylic oxidation sites excluding steroid dienone is 1. The zero-order valence-corrected chi connectivity index (χ0v) is 17.8. The molecule has 4 aliphatic rings. The molecule has 6 rings (SSSR count). The number of hydrazone groups is 1. The van der Waals surface area contributed by atoms with Crippen LogP contribution in [0.5, 0.6) is 0 Å². The molecule has 1 fully saturated rings. The Morgan fingerprint density at radius 2 is 2.23 bits per heavy atom. The molecule has 1 aliphatic carbocycles. The third kappa shape index (κ3) is 2.77. The van der Waals surface area contributed by atoms with E-state index in [-0.39, 0.29) is 11.5 Å². The molecule has 1 saturated heterocycles. The molecule has 1 unspecified atom stereocenters. The fraction of sp³-hybridized carbons (Fsp3) is 0.455. The lowest BCUT2D eigenvalue weighted by Gasteiger charge is -2.35. The maximum Gasteiger partial charge on any atom is 0.226 e. The van der Waals surface area contributed by atoms with E-state index in [9.17, 15) is 4.79 Å². The number of fused-ring (bicyclic) bond motifs is 4. The second-order valence-electron chi connectivity index (χ2n) is 8.77. The Morgan fingerprint density at radius 1 is 1.33 bits per heavy atom. The van der Waals surface area contributed by atoms with Gasteiger partial charge in [0.05, 0.1) is 10.9 Å². The number of thiophene rings is 1. The van der Waals surface area contributed by atoms with Gasteiger partial charge in [0, 0.05) is 48.4 Å². The molecule has 7 nitrogen and oxygen atoms in total. The van der Waals surface area contributed by atoms with Crippen molar-refractivity contribution < 1.29 is 4.79 Å². The molecule has 2 aromatic rings. The molecule has 8 heteroatoms. The van der Waals surface area contributed by atoms with Crippen LogP contribution in [0.15, 0.2) is 35.5 Å². The van der Waals surface area contributed by atoms with Crippen molar-refractivity contribution in [2.75, 3.05) is 18.4 Å². The van der Waals surface area contributed by atoms with Gasteiger partial charge in [0.1, 0.15) is 17.0 Å². The van der Waals surface area contributed by atoms with Crippen molar-refractivity contribution >= 4 is 39.5 Å². The number of carbonyl (C=O) groups excluding carboxylic acids is 1. The van der Waals surface area contributed by atoms with E-state index in [1.165, 1.54) is 10.4 Å². The number of likely N-dealkylation sites (tertiary alicyclic amines) is 1. The number of nitrogens with zero attached hydrogens (tertiary/aromatic N) is 5. The largest absolute Gasteiger partial charge is 0.342 e. The lowest BCUT2D eigenvalue weighted by Crippen LogP contribution is -2.46. The number of amides is 1. The van der Waals surface area contributed by atoms with Gasteiger partial charge in [-0.05, 0) is 50.3 Å². The SMILES string of the molecule is CC12C=C(Nc3ncnc4sc5c(c34)CC[C@H](C(=O)N3CCC3)C5)C=CN1N=CC2. The van der Waals surface area contributed by atoms with Crippen LogP contribution in [0.4, 0.5) is 5.82 Å². The molecule has 2 atom stereocenters. The molecular weight excluding hydrogens is 396 g/mol. The van der Waals surface area contributed by atoms with E-state index < -0.39 is 0 Å². The van der Waals surface area contributed by atoms with Crippen LogP contribution in [0.1, 0.15) is 36.6 Å². The highest BCUT2D eigenvalue weighted by Crippen LogP contribution is 2.41. The maximum atomic E-state index is 12.7. The number of carbonyl (C=O) groups is 1. The number of aromatic nitrogens is 2. The molecule has 1 N–H and O–H groups in total. The van der Waals surface area contributed by atoms with E-state index in [0.29, 0.717) is 5.91 Å². The molecule has 3 aliphatic heterocycles. The molecule has 0 aromatic carbocycles. The van der Waals surface area contributed by atoms with Crippen LogP contribution in [-0.2, 0) is 17.6 Å². The highest BCUT2D eigenvalue weighted by molar-refractivity contribution is 7.19. The van der Waals surface area contributed by atoms with Crippen LogP contribution in [0.25, 0.3) is 10.2 Å². The quantitative estimate of drug-likeness (QED) is 0.825. The average molecular weight is 421 g/mol. The third-order valence-corrected chi connectivity index (χ3v) is 7.88. The Bertz CT molecular complexity index is 1130. The first kappa shape index (κ1) is 18.1. The van der Waals surface area contributed by atoms with E-state index in [4.69, 9.17) is 0 Å². The van der Waals surface area contributed by atoms with Gasteiger partial charge in [-0.1, -0.05) is 0 Å². The summed E-state index contributed by atoms with van der Waals surface area (Å²) in [5, 5.41) is 11.1. The standard InChI is InChI=1S/C22H24N6OS/c1-22-6-7-25-28(22)10-5-15(12-22)26-19-18-16-4-3-14(21(29)27-8-2-9-27)11-17(16)30-20(18)24-13-23-19/h5,7,10,12-14H,2-4,6,8-9,11H2,1H3,(H,23,24,26)/t14-,22?/m0/s1. The summed E-state index contributed by atoms with van der Waals surface area (Å²) in [7, 11) is 0. The first-order valence-electron chi connectivity index (χ1n) is 10.6. The fourth-order valence-corrected chi connectivity index (χ4v) is 6.10. The topological polar surface area (TPSA) is 73.7 Å². The maximum absolute atomic E-state index is 12.7. The summed E-state index contributed by atoms with van der Waals surface area (Å²) >= 11 is 1.72. The lowest BCUT2D eigenvalue weighted by atomic mass is 9.86. The molecule has 0 spiro atoms. The number of hydrogen-bond acceptors (Lipinski definition) is 7. The van der Waals surface area contributed by atoms with Crippen LogP contribution in [0.3, 0.4) is 0 Å². The number of rotatable bonds is 3. The smallest absolute Gasteiger partial charge is 0.226 e. The van der Waals surface area contributed by atoms with Gasteiger partial charge in [-0.3, -0.25) is 9.80 Å². The van der Waals surface area contributed by atoms with Crippen molar-refractivity contribution in [1.29, 1.82) is 0 Å². The van der Waals surface area contributed by atoms with Gasteiger partial charge in [0.25, 0.3) is 0 Å². The number of aryl methyl sites for hydroxylation is 1. The van der Waals surface area contributed by atoms with Crippen LogP contribution in [0.2, 0.25) is 0 Å². The van der Waals surface area contributed by atoms with Crippen molar-refractivity contribution in [1.82, 2.24) is 19.9 Å². The molecule has 30 heavy (non-hydrogen) atoms. The molecule has 154 valence electrons. The first-order chi connectivity index (χ1) is 14.6. The summed E-state index contributed by atoms with van der Waals surface area (Å²) in [6.07, 6.45) is 14.6. The van der Waals surface area contributed by atoms with Gasteiger partial charge in [0.2, 0.25) is 5.91 Å². The second kappa shape index (κ2) is 6.63. The normalized spacial score (nSPS) is 27.0. The summed E-state index contributed by atoms with van der Waals surface area (Å²) in [5.41, 5.74) is 2.23. The van der Waals surface area contributed by atoms with E-state index in [2.05, 4.69) is 33.4 Å². The molecule has 0 saturated carbocycles. The summed E-state index contributed by atoms with van der Waals surface area (Å²) in [5.74, 6) is 1.31. The van der Waals surface area contributed by atoms with E-state index in [1.807, 2.05) is 28.4 Å². The number of anilines is 1. The monoisotopic (exact) mass is 420 g/mol. The zero-order chi connectivity index (χ0) is 20.3. The minimum atomic E-state index is -0.123. The van der Waals surface area contributed by atoms with Gasteiger partial charge >= 0.3 is 0 Å². The molecule has 2 aromatic heterocycles. The average Bonchev–Trinajstić information content (AvgIpc) is 3.26. The summed E-state index contributed by atoms with van der Waals surface area (Å²) in [6, 6.07) is 0. The van der Waals surface area contributed by atoms with E-state index in [1.54, 1.807) is 17.7 Å². The summed E-state index contributed by atoms with van der Waals surface area (Å²) in [6.45, 7) is 4.04. The van der Waals surface area contributed by atoms with Crippen LogP contribution >= 0.6 is 11.3 Å². The Morgan fingerprint density at radius 3 is 3.07 bits per heavy atom. The van der Waals surface area contributed by atoms with Crippen molar-refractivity contribution in [3.63, 3.8) is 0 Å². The van der Waals surface area contributed by atoms with Crippen LogP contribution in [0, 0.1) is 5.92 Å². The van der Waals surface area contributed by atoms with E-state index >= 15 is 0 Å². The second-order valence-corrected chi connectivity index (χ2v) is 9.85. The fourth-order valence-electron chi connectivity index (χ4n) is 4.83. The Labute approximate surface area is 179 Å². The predicted molar refractivity (Wildman–Crippen MR) is 118 cm³/mol. The molecular formula is C22H24N6OS. The van der Waals surface area contributed by atoms with Gasteiger partial charge in [0.15, 0.2) is 0 Å². The Hall–Kier alpha value is -2.74. The van der Waals surface area contributed by atoms with Crippen molar-refractivity contribution in [2.24, 2.45) is 11.0 Å². The first-order valence-corrected chi connectivity index (χ1v) is 11.5. The highest BCUT2D eigenvalue weighted by Gasteiger charge is 2.35. The number of hydrogen-bond donors (Lipinski definition) is 1. The van der Waals surface area contributed by atoms with Crippen LogP contribution < -0.4 is 5.32 Å². The molecule has 0 bridgehead atoms. The van der Waals surface area contributed by atoms with Crippen molar-refractivity contribution in [3.8, 4) is 0 Å². The predicted octanol–water partition coefficient (Wildman–Crippen LogP) is 3.30. The third-order valence-electron chi connectivity index (χ3n) is 6.72. The summed E-state index contributed by atoms with van der Waals surface area (Å²) in [4.78, 5) is 26.2. The molecule has 0 radical (unpaired) electrons. The molecule has 5 heterocycles. The van der Waals surface area contributed by atoms with Gasteiger partial charge in [-0.2, -0.15) is 5.10 Å². The Balaban J connectivity index is 1.30.